The second-order valence-corrected chi connectivity index (χ2v) is 6.91. The number of piperidine rings is 1. The molecule has 2 aliphatic rings. The van der Waals surface area contributed by atoms with Crippen LogP contribution in [0, 0.1) is 0 Å². The van der Waals surface area contributed by atoms with Crippen molar-refractivity contribution < 1.29 is 0 Å². The van der Waals surface area contributed by atoms with Crippen LogP contribution in [0.5, 0.6) is 0 Å². The van der Waals surface area contributed by atoms with E-state index >= 15 is 0 Å². The van der Waals surface area contributed by atoms with E-state index in [1.165, 1.54) is 41.0 Å². The second-order valence-electron chi connectivity index (χ2n) is 5.83. The van der Waals surface area contributed by atoms with Crippen LogP contribution in [-0.2, 0) is 0 Å². The van der Waals surface area contributed by atoms with E-state index in [0.29, 0.717) is 12.1 Å². The molecule has 1 saturated heterocycles. The Morgan fingerprint density at radius 3 is 2.65 bits per heavy atom. The fourth-order valence-corrected chi connectivity index (χ4v) is 4.42. The molecule has 0 amide bonds. The predicted octanol–water partition coefficient (Wildman–Crippen LogP) is 4.71. The zero-order valence-electron chi connectivity index (χ0n) is 11.5. The molecule has 0 spiro atoms. The first-order valence-electron chi connectivity index (χ1n) is 7.51. The molecule has 0 aliphatic carbocycles. The largest absolute Gasteiger partial charge is 0.307 e. The Hall–Kier alpha value is -1.38. The summed E-state index contributed by atoms with van der Waals surface area (Å²) in [6.45, 7) is 0. The number of nitrogens with one attached hydrogen (secondary N) is 1. The van der Waals surface area contributed by atoms with Gasteiger partial charge in [0, 0.05) is 21.8 Å². The lowest BCUT2D eigenvalue weighted by atomic mass is 9.87. The third-order valence-electron chi connectivity index (χ3n) is 4.37. The Balaban J connectivity index is 1.64. The van der Waals surface area contributed by atoms with Gasteiger partial charge in [-0.15, -0.1) is 11.3 Å². The SMILES string of the molecule is C1=C(c2ccc(-c3ccccc3)s2)CC2CCCC1N2. The maximum absolute atomic E-state index is 3.72. The fraction of sp³-hybridized carbons (Fsp3) is 0.333. The minimum Gasteiger partial charge on any atom is -0.307 e. The van der Waals surface area contributed by atoms with Crippen molar-refractivity contribution in [2.75, 3.05) is 0 Å². The highest BCUT2D eigenvalue weighted by atomic mass is 32.1. The summed E-state index contributed by atoms with van der Waals surface area (Å²) in [6, 6.07) is 16.6. The highest BCUT2D eigenvalue weighted by Crippen LogP contribution is 2.37. The fourth-order valence-electron chi connectivity index (χ4n) is 3.37. The molecule has 0 saturated carbocycles. The average Bonchev–Trinajstić information content (AvgIpc) is 2.97. The van der Waals surface area contributed by atoms with Crippen LogP contribution in [-0.4, -0.2) is 12.1 Å². The van der Waals surface area contributed by atoms with Crippen molar-refractivity contribution in [2.24, 2.45) is 0 Å². The lowest BCUT2D eigenvalue weighted by molar-refractivity contribution is 0.348. The van der Waals surface area contributed by atoms with Crippen LogP contribution in [0.3, 0.4) is 0 Å². The third kappa shape index (κ3) is 2.34. The van der Waals surface area contributed by atoms with Gasteiger partial charge in [-0.3, -0.25) is 0 Å². The smallest absolute Gasteiger partial charge is 0.0349 e. The highest BCUT2D eigenvalue weighted by molar-refractivity contribution is 7.16. The summed E-state index contributed by atoms with van der Waals surface area (Å²) in [5.74, 6) is 0. The van der Waals surface area contributed by atoms with Gasteiger partial charge in [-0.25, -0.2) is 0 Å². The number of hydrogen-bond acceptors (Lipinski definition) is 2. The number of hydrogen-bond donors (Lipinski definition) is 1. The van der Waals surface area contributed by atoms with Crippen LogP contribution in [0.2, 0.25) is 0 Å². The first-order chi connectivity index (χ1) is 9.88. The molecular weight excluding hydrogens is 262 g/mol. The van der Waals surface area contributed by atoms with E-state index in [2.05, 4.69) is 53.9 Å². The first-order valence-corrected chi connectivity index (χ1v) is 8.32. The standard InChI is InChI=1S/C18H19NS/c1-2-5-13(6-3-1)17-9-10-18(20-17)14-11-15-7-4-8-16(12-14)19-15/h1-3,5-6,9-11,15-16,19H,4,7-8,12H2. The molecule has 1 fully saturated rings. The first kappa shape index (κ1) is 12.4. The van der Waals surface area contributed by atoms with Gasteiger partial charge in [0.1, 0.15) is 0 Å². The molecule has 3 heterocycles. The van der Waals surface area contributed by atoms with Crippen molar-refractivity contribution in [3.63, 3.8) is 0 Å². The van der Waals surface area contributed by atoms with E-state index in [0.717, 1.165) is 0 Å². The molecule has 1 N–H and O–H groups in total. The van der Waals surface area contributed by atoms with Gasteiger partial charge < -0.3 is 5.32 Å². The minimum atomic E-state index is 0.611. The van der Waals surface area contributed by atoms with Crippen LogP contribution >= 0.6 is 11.3 Å². The van der Waals surface area contributed by atoms with E-state index in [1.54, 1.807) is 5.57 Å². The summed E-state index contributed by atoms with van der Waals surface area (Å²) in [4.78, 5) is 2.84. The maximum Gasteiger partial charge on any atom is 0.0349 e. The summed E-state index contributed by atoms with van der Waals surface area (Å²) in [7, 11) is 0. The predicted molar refractivity (Wildman–Crippen MR) is 86.9 cm³/mol. The lowest BCUT2D eigenvalue weighted by Crippen LogP contribution is -2.44. The molecule has 4 rings (SSSR count). The summed E-state index contributed by atoms with van der Waals surface area (Å²) in [5, 5.41) is 3.72. The van der Waals surface area contributed by atoms with Gasteiger partial charge in [0.15, 0.2) is 0 Å². The van der Waals surface area contributed by atoms with E-state index < -0.39 is 0 Å². The van der Waals surface area contributed by atoms with Crippen LogP contribution < -0.4 is 5.32 Å². The normalized spacial score (nSPS) is 25.3. The Morgan fingerprint density at radius 1 is 0.950 bits per heavy atom. The highest BCUT2D eigenvalue weighted by Gasteiger charge is 2.26. The molecule has 2 bridgehead atoms. The Labute approximate surface area is 124 Å². The van der Waals surface area contributed by atoms with E-state index in [-0.39, 0.29) is 0 Å². The molecule has 2 unspecified atom stereocenters. The molecule has 1 nitrogen and oxygen atoms in total. The number of rotatable bonds is 2. The summed E-state index contributed by atoms with van der Waals surface area (Å²) in [6.07, 6.45) is 7.69. The molecule has 2 aromatic rings. The van der Waals surface area contributed by atoms with E-state index in [9.17, 15) is 0 Å². The van der Waals surface area contributed by atoms with E-state index in [4.69, 9.17) is 0 Å². The second kappa shape index (κ2) is 5.19. The zero-order valence-corrected chi connectivity index (χ0v) is 12.3. The van der Waals surface area contributed by atoms with Gasteiger partial charge in [0.2, 0.25) is 0 Å². The molecule has 1 aromatic carbocycles. The van der Waals surface area contributed by atoms with Crippen molar-refractivity contribution in [1.82, 2.24) is 5.32 Å². The van der Waals surface area contributed by atoms with Crippen molar-refractivity contribution in [3.8, 4) is 10.4 Å². The molecule has 0 radical (unpaired) electrons. The van der Waals surface area contributed by atoms with Crippen LogP contribution in [0.4, 0.5) is 0 Å². The van der Waals surface area contributed by atoms with Crippen molar-refractivity contribution in [1.29, 1.82) is 0 Å². The summed E-state index contributed by atoms with van der Waals surface area (Å²) in [5.41, 5.74) is 2.89. The molecule has 2 aliphatic heterocycles. The number of benzene rings is 1. The molecule has 2 atom stereocenters. The van der Waals surface area contributed by atoms with Crippen molar-refractivity contribution >= 4 is 16.9 Å². The number of thiophene rings is 1. The molecule has 2 heteroatoms. The summed E-state index contributed by atoms with van der Waals surface area (Å²) < 4.78 is 0. The van der Waals surface area contributed by atoms with Gasteiger partial charge in [-0.05, 0) is 42.5 Å². The van der Waals surface area contributed by atoms with Gasteiger partial charge in [-0.1, -0.05) is 42.8 Å². The van der Waals surface area contributed by atoms with Gasteiger partial charge >= 0.3 is 0 Å². The molecule has 20 heavy (non-hydrogen) atoms. The average molecular weight is 281 g/mol. The molecule has 102 valence electrons. The van der Waals surface area contributed by atoms with Crippen LogP contribution in [0.1, 0.15) is 30.6 Å². The van der Waals surface area contributed by atoms with Gasteiger partial charge in [-0.2, -0.15) is 0 Å². The topological polar surface area (TPSA) is 12.0 Å². The Kier molecular flexibility index (Phi) is 3.21. The zero-order chi connectivity index (χ0) is 13.4. The summed E-state index contributed by atoms with van der Waals surface area (Å²) >= 11 is 1.94. The lowest BCUT2D eigenvalue weighted by Gasteiger charge is -2.34. The minimum absolute atomic E-state index is 0.611. The van der Waals surface area contributed by atoms with Crippen molar-refractivity contribution in [2.45, 2.75) is 37.8 Å². The Bertz CT molecular complexity index is 626. The quantitative estimate of drug-likeness (QED) is 0.840. The van der Waals surface area contributed by atoms with Crippen LogP contribution in [0.25, 0.3) is 16.0 Å². The molecular formula is C18H19NS. The molecule has 1 aromatic heterocycles. The van der Waals surface area contributed by atoms with Gasteiger partial charge in [0.25, 0.3) is 0 Å². The third-order valence-corrected chi connectivity index (χ3v) is 5.58. The van der Waals surface area contributed by atoms with Crippen molar-refractivity contribution in [3.05, 3.63) is 53.4 Å². The number of fused-ring (bicyclic) bond motifs is 2. The van der Waals surface area contributed by atoms with E-state index in [1.807, 2.05) is 11.3 Å². The van der Waals surface area contributed by atoms with Gasteiger partial charge in [0.05, 0.1) is 0 Å². The maximum atomic E-state index is 3.72. The van der Waals surface area contributed by atoms with Crippen LogP contribution in [0.15, 0.2) is 48.5 Å². The monoisotopic (exact) mass is 281 g/mol. The Morgan fingerprint density at radius 2 is 1.80 bits per heavy atom.